The predicted molar refractivity (Wildman–Crippen MR) is 108 cm³/mol. The van der Waals surface area contributed by atoms with Gasteiger partial charge in [0.15, 0.2) is 0 Å². The van der Waals surface area contributed by atoms with Crippen molar-refractivity contribution in [2.24, 2.45) is 5.14 Å². The number of carbonyl (C=O) groups excluding carboxylic acids is 2. The zero-order valence-electron chi connectivity index (χ0n) is 15.8. The van der Waals surface area contributed by atoms with Gasteiger partial charge < -0.3 is 4.74 Å². The highest BCUT2D eigenvalue weighted by Crippen LogP contribution is 2.33. The Morgan fingerprint density at radius 2 is 1.59 bits per heavy atom. The van der Waals surface area contributed by atoms with Crippen molar-refractivity contribution in [3.63, 3.8) is 0 Å². The van der Waals surface area contributed by atoms with Crippen LogP contribution in [0.4, 0.5) is 0 Å². The van der Waals surface area contributed by atoms with Gasteiger partial charge in [-0.25, -0.2) is 13.6 Å². The molecule has 0 unspecified atom stereocenters. The topological polar surface area (TPSA) is 107 Å². The van der Waals surface area contributed by atoms with E-state index in [0.717, 1.165) is 4.90 Å². The van der Waals surface area contributed by atoms with Crippen molar-refractivity contribution < 1.29 is 22.7 Å². The Labute approximate surface area is 173 Å². The van der Waals surface area contributed by atoms with Crippen molar-refractivity contribution in [3.05, 3.63) is 64.7 Å². The third-order valence-electron chi connectivity index (χ3n) is 4.22. The average Bonchev–Trinajstić information content (AvgIpc) is 2.85. The highest BCUT2D eigenvalue weighted by Gasteiger charge is 2.38. The molecule has 0 fully saturated rings. The first kappa shape index (κ1) is 21.0. The zero-order valence-corrected chi connectivity index (χ0v) is 17.3. The van der Waals surface area contributed by atoms with Crippen LogP contribution in [0.2, 0.25) is 0 Å². The third kappa shape index (κ3) is 4.50. The second-order valence-electron chi connectivity index (χ2n) is 6.77. The van der Waals surface area contributed by atoms with Gasteiger partial charge in [-0.1, -0.05) is 35.9 Å². The molecule has 0 bridgehead atoms. The van der Waals surface area contributed by atoms with Crippen molar-refractivity contribution in [1.82, 2.24) is 4.90 Å². The SMILES string of the molecule is CC(C)Oc1ccc(C2=C(Cl)C(=O)N(Cc3ccc(S(N)(=O)=O)cc3)C2=O)cc1. The van der Waals surface area contributed by atoms with Crippen molar-refractivity contribution in [3.8, 4) is 5.75 Å². The first-order valence-electron chi connectivity index (χ1n) is 8.72. The fraction of sp³-hybridized carbons (Fsp3) is 0.200. The number of hydrogen-bond donors (Lipinski definition) is 1. The molecule has 0 radical (unpaired) electrons. The highest BCUT2D eigenvalue weighted by atomic mass is 35.5. The molecule has 1 aliphatic rings. The van der Waals surface area contributed by atoms with Gasteiger partial charge >= 0.3 is 0 Å². The van der Waals surface area contributed by atoms with Gasteiger partial charge in [-0.15, -0.1) is 0 Å². The second kappa shape index (κ2) is 7.98. The summed E-state index contributed by atoms with van der Waals surface area (Å²) in [6, 6.07) is 12.4. The maximum absolute atomic E-state index is 12.8. The van der Waals surface area contributed by atoms with Gasteiger partial charge in [0.2, 0.25) is 10.0 Å². The summed E-state index contributed by atoms with van der Waals surface area (Å²) < 4.78 is 28.3. The lowest BCUT2D eigenvalue weighted by Gasteiger charge is -2.15. The van der Waals surface area contributed by atoms with E-state index in [1.807, 2.05) is 13.8 Å². The van der Waals surface area contributed by atoms with Crippen LogP contribution < -0.4 is 9.88 Å². The fourth-order valence-electron chi connectivity index (χ4n) is 2.88. The zero-order chi connectivity index (χ0) is 21.3. The highest BCUT2D eigenvalue weighted by molar-refractivity contribution is 7.89. The number of ether oxygens (including phenoxy) is 1. The Morgan fingerprint density at radius 1 is 1.00 bits per heavy atom. The molecule has 0 spiro atoms. The number of rotatable bonds is 6. The summed E-state index contributed by atoms with van der Waals surface area (Å²) in [4.78, 5) is 26.3. The maximum Gasteiger partial charge on any atom is 0.273 e. The van der Waals surface area contributed by atoms with E-state index in [4.69, 9.17) is 21.5 Å². The molecule has 1 heterocycles. The van der Waals surface area contributed by atoms with Crippen molar-refractivity contribution in [1.29, 1.82) is 0 Å². The number of nitrogens with two attached hydrogens (primary N) is 1. The molecule has 0 saturated heterocycles. The molecule has 0 saturated carbocycles. The minimum atomic E-state index is -3.82. The lowest BCUT2D eigenvalue weighted by molar-refractivity contribution is -0.137. The number of nitrogens with zero attached hydrogens (tertiary/aromatic N) is 1. The first-order chi connectivity index (χ1) is 13.6. The summed E-state index contributed by atoms with van der Waals surface area (Å²) in [6.07, 6.45) is 0.00878. The van der Waals surface area contributed by atoms with E-state index < -0.39 is 21.8 Å². The number of carbonyl (C=O) groups is 2. The van der Waals surface area contributed by atoms with E-state index in [0.29, 0.717) is 16.9 Å². The number of halogens is 1. The van der Waals surface area contributed by atoms with E-state index in [9.17, 15) is 18.0 Å². The predicted octanol–water partition coefficient (Wildman–Crippen LogP) is 2.64. The molecular formula is C20H19ClN2O5S. The van der Waals surface area contributed by atoms with Crippen molar-refractivity contribution in [2.75, 3.05) is 0 Å². The van der Waals surface area contributed by atoms with Crippen LogP contribution >= 0.6 is 11.6 Å². The summed E-state index contributed by atoms with van der Waals surface area (Å²) >= 11 is 6.17. The molecule has 2 N–H and O–H groups in total. The number of amides is 2. The smallest absolute Gasteiger partial charge is 0.273 e. The molecular weight excluding hydrogens is 416 g/mol. The van der Waals surface area contributed by atoms with Crippen LogP contribution in [0.3, 0.4) is 0 Å². The van der Waals surface area contributed by atoms with Crippen molar-refractivity contribution >= 4 is 39.0 Å². The minimum absolute atomic E-state index is 0.00878. The quantitative estimate of drug-likeness (QED) is 0.703. The molecule has 7 nitrogen and oxygen atoms in total. The Kier molecular flexibility index (Phi) is 5.79. The van der Waals surface area contributed by atoms with Gasteiger partial charge in [-0.05, 0) is 49.2 Å². The van der Waals surface area contributed by atoms with Crippen molar-refractivity contribution in [2.45, 2.75) is 31.4 Å². The molecule has 2 aromatic rings. The van der Waals surface area contributed by atoms with Crippen LogP contribution in [0.1, 0.15) is 25.0 Å². The average molecular weight is 435 g/mol. The summed E-state index contributed by atoms with van der Waals surface area (Å²) in [5, 5.41) is 4.91. The normalized spacial score (nSPS) is 14.9. The number of sulfonamides is 1. The largest absolute Gasteiger partial charge is 0.491 e. The molecule has 0 aromatic heterocycles. The lowest BCUT2D eigenvalue weighted by atomic mass is 10.1. The number of benzene rings is 2. The Hall–Kier alpha value is -2.68. The summed E-state index contributed by atoms with van der Waals surface area (Å²) in [5.41, 5.74) is 1.19. The Balaban J connectivity index is 1.81. The number of primary sulfonamides is 1. The van der Waals surface area contributed by atoms with E-state index in [2.05, 4.69) is 0 Å². The Morgan fingerprint density at radius 3 is 2.10 bits per heavy atom. The molecule has 3 rings (SSSR count). The molecule has 2 aromatic carbocycles. The molecule has 152 valence electrons. The monoisotopic (exact) mass is 434 g/mol. The molecule has 2 amide bonds. The summed E-state index contributed by atoms with van der Waals surface area (Å²) in [5.74, 6) is -0.484. The van der Waals surface area contributed by atoms with Crippen LogP contribution in [0.25, 0.3) is 5.57 Å². The molecule has 29 heavy (non-hydrogen) atoms. The summed E-state index contributed by atoms with van der Waals surface area (Å²) in [6.45, 7) is 3.76. The molecule has 1 aliphatic heterocycles. The van der Waals surface area contributed by atoms with Crippen LogP contribution in [-0.4, -0.2) is 31.2 Å². The number of hydrogen-bond acceptors (Lipinski definition) is 5. The van der Waals surface area contributed by atoms with Gasteiger partial charge in [0.1, 0.15) is 10.8 Å². The van der Waals surface area contributed by atoms with E-state index in [-0.39, 0.29) is 28.1 Å². The van der Waals surface area contributed by atoms with Gasteiger partial charge in [0.05, 0.1) is 23.1 Å². The molecule has 0 atom stereocenters. The van der Waals surface area contributed by atoms with Gasteiger partial charge in [-0.2, -0.15) is 0 Å². The first-order valence-corrected chi connectivity index (χ1v) is 10.6. The van der Waals surface area contributed by atoms with E-state index >= 15 is 0 Å². The Bertz CT molecular complexity index is 1090. The van der Waals surface area contributed by atoms with Crippen LogP contribution in [-0.2, 0) is 26.2 Å². The third-order valence-corrected chi connectivity index (χ3v) is 5.50. The van der Waals surface area contributed by atoms with Crippen LogP contribution in [0.5, 0.6) is 5.75 Å². The molecule has 9 heteroatoms. The van der Waals surface area contributed by atoms with Gasteiger partial charge in [0, 0.05) is 0 Å². The lowest BCUT2D eigenvalue weighted by Crippen LogP contribution is -2.30. The van der Waals surface area contributed by atoms with Crippen LogP contribution in [0.15, 0.2) is 58.5 Å². The second-order valence-corrected chi connectivity index (χ2v) is 8.70. The van der Waals surface area contributed by atoms with Gasteiger partial charge in [-0.3, -0.25) is 14.5 Å². The number of imide groups is 1. The maximum atomic E-state index is 12.8. The fourth-order valence-corrected chi connectivity index (χ4v) is 3.69. The van der Waals surface area contributed by atoms with E-state index in [1.54, 1.807) is 24.3 Å². The molecule has 0 aliphatic carbocycles. The standard InChI is InChI=1S/C20H19ClN2O5S/c1-12(2)28-15-7-5-14(6-8-15)17-18(21)20(25)23(19(17)24)11-13-3-9-16(10-4-13)29(22,26)27/h3-10,12H,11H2,1-2H3,(H2,22,26,27). The van der Waals surface area contributed by atoms with E-state index in [1.165, 1.54) is 24.3 Å². The minimum Gasteiger partial charge on any atom is -0.491 e. The van der Waals surface area contributed by atoms with Gasteiger partial charge in [0.25, 0.3) is 11.8 Å². The van der Waals surface area contributed by atoms with Crippen LogP contribution in [0, 0.1) is 0 Å². The summed E-state index contributed by atoms with van der Waals surface area (Å²) in [7, 11) is -3.82.